The maximum atomic E-state index is 14.4. The maximum absolute atomic E-state index is 14.4. The number of benzene rings is 1. The number of carbonyl (C=O) groups is 1. The molecular weight excluding hydrogens is 409 g/mol. The second kappa shape index (κ2) is 9.68. The zero-order valence-corrected chi connectivity index (χ0v) is 18.8. The van der Waals surface area contributed by atoms with Gasteiger partial charge in [-0.3, -0.25) is 4.79 Å². The Balaban J connectivity index is 1.47. The van der Waals surface area contributed by atoms with Crippen LogP contribution in [0.2, 0.25) is 0 Å². The minimum absolute atomic E-state index is 0.0893. The quantitative estimate of drug-likeness (QED) is 0.634. The lowest BCUT2D eigenvalue weighted by atomic mass is 9.84. The predicted octanol–water partition coefficient (Wildman–Crippen LogP) is 2.88. The number of likely N-dealkylation sites (N-methyl/N-ethyl adjacent to an activating group) is 1. The van der Waals surface area contributed by atoms with Crippen molar-refractivity contribution in [3.63, 3.8) is 0 Å². The Labute approximate surface area is 188 Å². The zero-order chi connectivity index (χ0) is 22.7. The van der Waals surface area contributed by atoms with Gasteiger partial charge in [-0.05, 0) is 50.6 Å². The molecule has 0 radical (unpaired) electrons. The molecule has 2 aliphatic rings. The van der Waals surface area contributed by atoms with Gasteiger partial charge in [0.2, 0.25) is 11.9 Å². The number of nitrogens with two attached hydrogens (primary N) is 1. The molecule has 2 atom stereocenters. The van der Waals surface area contributed by atoms with E-state index >= 15 is 0 Å². The van der Waals surface area contributed by atoms with E-state index in [9.17, 15) is 9.18 Å². The van der Waals surface area contributed by atoms with Gasteiger partial charge in [0, 0.05) is 43.6 Å². The Hall–Kier alpha value is -2.94. The second-order valence-electron chi connectivity index (χ2n) is 8.85. The molecule has 1 saturated heterocycles. The Kier molecular flexibility index (Phi) is 6.74. The van der Waals surface area contributed by atoms with Crippen LogP contribution in [0, 0.1) is 18.7 Å². The number of nitrogens with zero attached hydrogens (tertiary/aromatic N) is 4. The first-order chi connectivity index (χ1) is 15.4. The highest BCUT2D eigenvalue weighted by Gasteiger charge is 2.30. The van der Waals surface area contributed by atoms with Crippen molar-refractivity contribution < 1.29 is 9.18 Å². The molecule has 4 N–H and O–H groups in total. The smallest absolute Gasteiger partial charge is 0.229 e. The fraction of sp³-hybridized carbons (Fsp3) is 0.522. The highest BCUT2D eigenvalue weighted by Crippen LogP contribution is 2.29. The predicted molar refractivity (Wildman–Crippen MR) is 125 cm³/mol. The molecule has 2 aromatic rings. The van der Waals surface area contributed by atoms with E-state index in [4.69, 9.17) is 5.73 Å². The number of hydrogen-bond donors (Lipinski definition) is 3. The molecular formula is C23H32FN7O. The average Bonchev–Trinajstić information content (AvgIpc) is 2.77. The number of aromatic nitrogens is 2. The Morgan fingerprint density at radius 1 is 1.19 bits per heavy atom. The van der Waals surface area contributed by atoms with Crippen LogP contribution in [-0.2, 0) is 4.79 Å². The van der Waals surface area contributed by atoms with Gasteiger partial charge in [0.1, 0.15) is 0 Å². The van der Waals surface area contributed by atoms with Crippen molar-refractivity contribution in [2.24, 2.45) is 11.7 Å². The van der Waals surface area contributed by atoms with Crippen LogP contribution < -0.4 is 21.3 Å². The van der Waals surface area contributed by atoms with E-state index in [1.807, 2.05) is 6.07 Å². The summed E-state index contributed by atoms with van der Waals surface area (Å²) in [5.74, 6) is -0.838. The first-order valence-corrected chi connectivity index (χ1v) is 11.3. The number of anilines is 4. The Morgan fingerprint density at radius 2 is 1.94 bits per heavy atom. The van der Waals surface area contributed by atoms with Crippen molar-refractivity contribution in [2.75, 3.05) is 48.8 Å². The number of rotatable bonds is 6. The molecule has 1 amide bonds. The third kappa shape index (κ3) is 5.09. The van der Waals surface area contributed by atoms with Crippen LogP contribution in [0.4, 0.5) is 27.5 Å². The molecule has 2 fully saturated rings. The van der Waals surface area contributed by atoms with E-state index in [0.717, 1.165) is 62.9 Å². The summed E-state index contributed by atoms with van der Waals surface area (Å²) in [7, 11) is 2.14. The van der Waals surface area contributed by atoms with E-state index in [-0.39, 0.29) is 23.7 Å². The molecule has 4 rings (SSSR count). The van der Waals surface area contributed by atoms with Crippen molar-refractivity contribution in [3.05, 3.63) is 35.8 Å². The van der Waals surface area contributed by atoms with Crippen LogP contribution in [-0.4, -0.2) is 60.0 Å². The Bertz CT molecular complexity index is 961. The van der Waals surface area contributed by atoms with E-state index in [0.29, 0.717) is 12.4 Å². The summed E-state index contributed by atoms with van der Waals surface area (Å²) < 4.78 is 14.4. The van der Waals surface area contributed by atoms with Gasteiger partial charge in [0.05, 0.1) is 12.1 Å². The number of piperazine rings is 1. The minimum atomic E-state index is -0.550. The molecule has 1 saturated carbocycles. The number of nitrogens with one attached hydrogen (secondary N) is 2. The molecule has 2 heterocycles. The summed E-state index contributed by atoms with van der Waals surface area (Å²) in [5, 5.41) is 6.27. The fourth-order valence-electron chi connectivity index (χ4n) is 4.61. The molecule has 0 bridgehead atoms. The lowest BCUT2D eigenvalue weighted by molar-refractivity contribution is -0.122. The van der Waals surface area contributed by atoms with Gasteiger partial charge >= 0.3 is 0 Å². The monoisotopic (exact) mass is 441 g/mol. The average molecular weight is 442 g/mol. The summed E-state index contributed by atoms with van der Waals surface area (Å²) in [6.07, 6.45) is 4.54. The lowest BCUT2D eigenvalue weighted by Gasteiger charge is -2.35. The topological polar surface area (TPSA) is 99.4 Å². The number of hydrogen-bond acceptors (Lipinski definition) is 7. The summed E-state index contributed by atoms with van der Waals surface area (Å²) in [6, 6.07) is 5.93. The van der Waals surface area contributed by atoms with Crippen molar-refractivity contribution >= 4 is 29.0 Å². The van der Waals surface area contributed by atoms with Crippen molar-refractivity contribution in [3.8, 4) is 0 Å². The van der Waals surface area contributed by atoms with Crippen LogP contribution in [0.1, 0.15) is 31.2 Å². The van der Waals surface area contributed by atoms with E-state index in [1.54, 1.807) is 0 Å². The highest BCUT2D eigenvalue weighted by atomic mass is 19.1. The normalized spacial score (nSPS) is 21.9. The highest BCUT2D eigenvalue weighted by molar-refractivity contribution is 5.78. The number of amides is 1. The van der Waals surface area contributed by atoms with Crippen LogP contribution >= 0.6 is 0 Å². The number of carbonyl (C=O) groups excluding carboxylic acids is 1. The third-order valence-corrected chi connectivity index (χ3v) is 6.49. The molecule has 0 unspecified atom stereocenters. The van der Waals surface area contributed by atoms with Crippen molar-refractivity contribution in [1.29, 1.82) is 0 Å². The molecule has 8 nitrogen and oxygen atoms in total. The van der Waals surface area contributed by atoms with Gasteiger partial charge < -0.3 is 26.2 Å². The summed E-state index contributed by atoms with van der Waals surface area (Å²) in [5.41, 5.74) is 8.77. The van der Waals surface area contributed by atoms with E-state index in [2.05, 4.69) is 56.5 Å². The maximum Gasteiger partial charge on any atom is 0.229 e. The zero-order valence-electron chi connectivity index (χ0n) is 18.8. The molecule has 1 aliphatic carbocycles. The van der Waals surface area contributed by atoms with E-state index in [1.165, 1.54) is 5.69 Å². The molecule has 172 valence electrons. The summed E-state index contributed by atoms with van der Waals surface area (Å²) in [4.78, 5) is 24.9. The SMILES string of the molecule is Cc1cc(Nc2ncc(F)c(N[C@H]3CCCC[C@H]3C(N)=O)n2)ccc1N1CCN(C)CC1. The van der Waals surface area contributed by atoms with Crippen LogP contribution in [0.15, 0.2) is 24.4 Å². The molecule has 1 aliphatic heterocycles. The lowest BCUT2D eigenvalue weighted by Crippen LogP contribution is -2.44. The van der Waals surface area contributed by atoms with Crippen molar-refractivity contribution in [1.82, 2.24) is 14.9 Å². The number of primary amides is 1. The van der Waals surface area contributed by atoms with Gasteiger partial charge in [0.15, 0.2) is 11.6 Å². The molecule has 0 spiro atoms. The Morgan fingerprint density at radius 3 is 2.66 bits per heavy atom. The summed E-state index contributed by atoms with van der Waals surface area (Å²) >= 11 is 0. The van der Waals surface area contributed by atoms with Crippen LogP contribution in [0.3, 0.4) is 0 Å². The fourth-order valence-corrected chi connectivity index (χ4v) is 4.61. The van der Waals surface area contributed by atoms with Gasteiger partial charge in [-0.2, -0.15) is 4.98 Å². The molecule has 32 heavy (non-hydrogen) atoms. The molecule has 1 aromatic carbocycles. The first kappa shape index (κ1) is 22.3. The van der Waals surface area contributed by atoms with Crippen molar-refractivity contribution in [2.45, 2.75) is 38.6 Å². The molecule has 1 aromatic heterocycles. The van der Waals surface area contributed by atoms with Crippen LogP contribution in [0.5, 0.6) is 0 Å². The number of halogens is 1. The first-order valence-electron chi connectivity index (χ1n) is 11.3. The summed E-state index contributed by atoms with van der Waals surface area (Å²) in [6.45, 7) is 6.21. The third-order valence-electron chi connectivity index (χ3n) is 6.49. The number of aryl methyl sites for hydroxylation is 1. The second-order valence-corrected chi connectivity index (χ2v) is 8.85. The largest absolute Gasteiger partial charge is 0.369 e. The van der Waals surface area contributed by atoms with Gasteiger partial charge in [-0.1, -0.05) is 12.8 Å². The van der Waals surface area contributed by atoms with Crippen LogP contribution in [0.25, 0.3) is 0 Å². The van der Waals surface area contributed by atoms with E-state index < -0.39 is 5.82 Å². The van der Waals surface area contributed by atoms with Gasteiger partial charge in [0.25, 0.3) is 0 Å². The standard InChI is InChI=1S/C23H32FN7O/c1-15-13-16(7-8-20(15)31-11-9-30(2)10-12-31)27-23-26-14-18(24)22(29-23)28-19-6-4-3-5-17(19)21(25)32/h7-8,13-14,17,19H,3-6,9-12H2,1-2H3,(H2,25,32)(H2,26,27,28,29)/t17-,19+/m1/s1. The van der Waals surface area contributed by atoms with Gasteiger partial charge in [-0.25, -0.2) is 9.37 Å². The molecule has 9 heteroatoms. The minimum Gasteiger partial charge on any atom is -0.369 e. The van der Waals surface area contributed by atoms with Gasteiger partial charge in [-0.15, -0.1) is 0 Å².